The molecule has 2 atom stereocenters. The number of rotatable bonds is 3. The largest absolute Gasteiger partial charge is 0.481 e. The summed E-state index contributed by atoms with van der Waals surface area (Å²) in [4.78, 5) is 24.1. The molecule has 1 aliphatic carbocycles. The number of hydrogen-bond donors (Lipinski definition) is 2. The van der Waals surface area contributed by atoms with E-state index in [1.165, 1.54) is 4.90 Å². The molecule has 8 nitrogen and oxygen atoms in total. The van der Waals surface area contributed by atoms with Crippen LogP contribution in [-0.4, -0.2) is 60.8 Å². The predicted molar refractivity (Wildman–Crippen MR) is 60.5 cm³/mol. The van der Waals surface area contributed by atoms with Crippen molar-refractivity contribution in [3.8, 4) is 0 Å². The van der Waals surface area contributed by atoms with Crippen LogP contribution in [0.1, 0.15) is 6.42 Å². The summed E-state index contributed by atoms with van der Waals surface area (Å²) in [6.45, 7) is 0.847. The Morgan fingerprint density at radius 2 is 1.67 bits per heavy atom. The third kappa shape index (κ3) is 2.62. The Balaban J connectivity index is 1.88. The molecule has 1 heterocycles. The summed E-state index contributed by atoms with van der Waals surface area (Å²) < 4.78 is 23.3. The summed E-state index contributed by atoms with van der Waals surface area (Å²) in [6.07, 6.45) is 0.379. The second kappa shape index (κ2) is 4.48. The molecule has 18 heavy (non-hydrogen) atoms. The second-order valence-electron chi connectivity index (χ2n) is 4.56. The predicted octanol–water partition coefficient (Wildman–Crippen LogP) is -1.95. The lowest BCUT2D eigenvalue weighted by atomic mass is 10.2. The van der Waals surface area contributed by atoms with E-state index >= 15 is 0 Å². The van der Waals surface area contributed by atoms with Gasteiger partial charge in [-0.15, -0.1) is 0 Å². The molecule has 0 aromatic carbocycles. The third-order valence-corrected chi connectivity index (χ3v) is 4.42. The van der Waals surface area contributed by atoms with Gasteiger partial charge in [-0.25, -0.2) is 5.14 Å². The zero-order chi connectivity index (χ0) is 13.5. The molecule has 3 N–H and O–H groups in total. The minimum atomic E-state index is -3.70. The van der Waals surface area contributed by atoms with Gasteiger partial charge in [-0.05, 0) is 6.42 Å². The van der Waals surface area contributed by atoms with Crippen LogP contribution in [0.5, 0.6) is 0 Å². The van der Waals surface area contributed by atoms with Crippen LogP contribution < -0.4 is 5.14 Å². The molecule has 1 amide bonds. The lowest BCUT2D eigenvalue weighted by Gasteiger charge is -2.33. The van der Waals surface area contributed by atoms with E-state index in [1.54, 1.807) is 0 Å². The highest BCUT2D eigenvalue weighted by molar-refractivity contribution is 7.86. The smallest absolute Gasteiger partial charge is 0.307 e. The SMILES string of the molecule is NS(=O)(=O)N1CCN(C(=O)C2CC2C(=O)O)CC1. The highest BCUT2D eigenvalue weighted by Crippen LogP contribution is 2.40. The molecule has 0 radical (unpaired) electrons. The van der Waals surface area contributed by atoms with Gasteiger partial charge in [0.15, 0.2) is 0 Å². The summed E-state index contributed by atoms with van der Waals surface area (Å²) >= 11 is 0. The number of amides is 1. The fraction of sp³-hybridized carbons (Fsp3) is 0.778. The van der Waals surface area contributed by atoms with Crippen LogP contribution >= 0.6 is 0 Å². The number of nitrogens with two attached hydrogens (primary N) is 1. The molecule has 1 saturated carbocycles. The first kappa shape index (κ1) is 13.2. The van der Waals surface area contributed by atoms with Crippen LogP contribution in [-0.2, 0) is 19.8 Å². The van der Waals surface area contributed by atoms with Crippen LogP contribution in [0.15, 0.2) is 0 Å². The molecule has 2 rings (SSSR count). The first-order valence-electron chi connectivity index (χ1n) is 5.60. The summed E-state index contributed by atoms with van der Waals surface area (Å²) in [5, 5.41) is 13.7. The number of hydrogen-bond acceptors (Lipinski definition) is 4. The Morgan fingerprint density at radius 3 is 2.06 bits per heavy atom. The van der Waals surface area contributed by atoms with E-state index in [2.05, 4.69) is 0 Å². The molecule has 2 unspecified atom stereocenters. The number of carboxylic acids is 1. The van der Waals surface area contributed by atoms with Gasteiger partial charge in [0.05, 0.1) is 11.8 Å². The molecule has 0 spiro atoms. The standard InChI is InChI=1S/C9H15N3O5S/c10-18(16,17)12-3-1-11(2-4-12)8(13)6-5-7(6)9(14)15/h6-7H,1-5H2,(H,14,15)(H2,10,16,17). The monoisotopic (exact) mass is 277 g/mol. The summed E-state index contributed by atoms with van der Waals surface area (Å²) in [5.74, 6) is -2.16. The van der Waals surface area contributed by atoms with E-state index in [-0.39, 0.29) is 32.1 Å². The van der Waals surface area contributed by atoms with Crippen LogP contribution in [0.4, 0.5) is 0 Å². The normalized spacial score (nSPS) is 29.1. The molecule has 2 aliphatic rings. The average Bonchev–Trinajstić information content (AvgIpc) is 3.07. The van der Waals surface area contributed by atoms with Crippen molar-refractivity contribution in [1.82, 2.24) is 9.21 Å². The highest BCUT2D eigenvalue weighted by atomic mass is 32.2. The van der Waals surface area contributed by atoms with Gasteiger partial charge < -0.3 is 10.0 Å². The van der Waals surface area contributed by atoms with Gasteiger partial charge in [0.2, 0.25) is 5.91 Å². The van der Waals surface area contributed by atoms with Crippen LogP contribution in [0, 0.1) is 11.8 Å². The van der Waals surface area contributed by atoms with E-state index in [9.17, 15) is 18.0 Å². The van der Waals surface area contributed by atoms with Gasteiger partial charge in [-0.2, -0.15) is 12.7 Å². The molecule has 102 valence electrons. The highest BCUT2D eigenvalue weighted by Gasteiger charge is 2.50. The zero-order valence-corrected chi connectivity index (χ0v) is 10.5. The lowest BCUT2D eigenvalue weighted by molar-refractivity contribution is -0.142. The molecule has 1 aliphatic heterocycles. The molecule has 0 bridgehead atoms. The Bertz CT molecular complexity index is 469. The van der Waals surface area contributed by atoms with Crippen LogP contribution in [0.25, 0.3) is 0 Å². The number of aliphatic carboxylic acids is 1. The number of carbonyl (C=O) groups excluding carboxylic acids is 1. The Labute approximate surface area is 105 Å². The minimum absolute atomic E-state index is 0.162. The van der Waals surface area contributed by atoms with Gasteiger partial charge in [0.1, 0.15) is 0 Å². The fourth-order valence-electron chi connectivity index (χ4n) is 2.14. The van der Waals surface area contributed by atoms with E-state index in [0.29, 0.717) is 6.42 Å². The lowest BCUT2D eigenvalue weighted by Crippen LogP contribution is -2.52. The molecule has 0 aromatic heterocycles. The van der Waals surface area contributed by atoms with Crippen molar-refractivity contribution in [3.63, 3.8) is 0 Å². The van der Waals surface area contributed by atoms with Crippen molar-refractivity contribution >= 4 is 22.1 Å². The van der Waals surface area contributed by atoms with Crippen molar-refractivity contribution in [1.29, 1.82) is 0 Å². The molecular formula is C9H15N3O5S. The Morgan fingerprint density at radius 1 is 1.11 bits per heavy atom. The van der Waals surface area contributed by atoms with E-state index in [4.69, 9.17) is 10.2 Å². The van der Waals surface area contributed by atoms with Gasteiger partial charge in [0.25, 0.3) is 10.2 Å². The first-order valence-corrected chi connectivity index (χ1v) is 7.10. The quantitative estimate of drug-likeness (QED) is 0.621. The fourth-order valence-corrected chi connectivity index (χ4v) is 2.81. The molecule has 9 heteroatoms. The van der Waals surface area contributed by atoms with E-state index < -0.39 is 28.0 Å². The maximum Gasteiger partial charge on any atom is 0.307 e. The minimum Gasteiger partial charge on any atom is -0.481 e. The Kier molecular flexibility index (Phi) is 3.30. The number of piperazine rings is 1. The zero-order valence-electron chi connectivity index (χ0n) is 9.65. The topological polar surface area (TPSA) is 121 Å². The summed E-state index contributed by atoms with van der Waals surface area (Å²) in [6, 6.07) is 0. The molecule has 1 saturated heterocycles. The van der Waals surface area contributed by atoms with Crippen molar-refractivity contribution in [2.45, 2.75) is 6.42 Å². The van der Waals surface area contributed by atoms with Gasteiger partial charge >= 0.3 is 5.97 Å². The third-order valence-electron chi connectivity index (χ3n) is 3.34. The van der Waals surface area contributed by atoms with E-state index in [1.807, 2.05) is 0 Å². The van der Waals surface area contributed by atoms with Gasteiger partial charge in [0, 0.05) is 26.2 Å². The van der Waals surface area contributed by atoms with Gasteiger partial charge in [-0.3, -0.25) is 9.59 Å². The van der Waals surface area contributed by atoms with Crippen molar-refractivity contribution in [2.24, 2.45) is 17.0 Å². The number of carboxylic acid groups (broad SMARTS) is 1. The number of carbonyl (C=O) groups is 2. The van der Waals surface area contributed by atoms with Crippen LogP contribution in [0.2, 0.25) is 0 Å². The molecule has 2 fully saturated rings. The second-order valence-corrected chi connectivity index (χ2v) is 6.10. The number of nitrogens with zero attached hydrogens (tertiary/aromatic N) is 2. The summed E-state index contributed by atoms with van der Waals surface area (Å²) in [5.41, 5.74) is 0. The Hall–Kier alpha value is -1.19. The molecular weight excluding hydrogens is 262 g/mol. The van der Waals surface area contributed by atoms with E-state index in [0.717, 1.165) is 4.31 Å². The first-order chi connectivity index (χ1) is 8.30. The van der Waals surface area contributed by atoms with Crippen LogP contribution in [0.3, 0.4) is 0 Å². The van der Waals surface area contributed by atoms with Gasteiger partial charge in [-0.1, -0.05) is 0 Å². The molecule has 0 aromatic rings. The van der Waals surface area contributed by atoms with Crippen molar-refractivity contribution in [2.75, 3.05) is 26.2 Å². The summed E-state index contributed by atoms with van der Waals surface area (Å²) in [7, 11) is -3.70. The maximum absolute atomic E-state index is 11.9. The van der Waals surface area contributed by atoms with Crippen molar-refractivity contribution in [3.05, 3.63) is 0 Å². The average molecular weight is 277 g/mol. The van der Waals surface area contributed by atoms with Crippen molar-refractivity contribution < 1.29 is 23.1 Å². The maximum atomic E-state index is 11.9.